The summed E-state index contributed by atoms with van der Waals surface area (Å²) in [7, 11) is 4.09. The maximum Gasteiger partial charge on any atom is 0.431 e. The Morgan fingerprint density at radius 2 is 2.43 bits per heavy atom. The lowest BCUT2D eigenvalue weighted by Crippen LogP contribution is -2.20. The predicted octanol–water partition coefficient (Wildman–Crippen LogP) is 0.0656. The molecule has 0 aliphatic rings. The van der Waals surface area contributed by atoms with Gasteiger partial charge in [0.2, 0.25) is 0 Å². The van der Waals surface area contributed by atoms with Gasteiger partial charge in [0.25, 0.3) is 0 Å². The van der Waals surface area contributed by atoms with Gasteiger partial charge in [0.1, 0.15) is 7.11 Å². The quantitative estimate of drug-likeness (QED) is 0.479. The number of hydroxylamine groups is 1. The van der Waals surface area contributed by atoms with Crippen molar-refractivity contribution in [3.8, 4) is 0 Å². The fourth-order valence-corrected chi connectivity index (χ4v) is 0.101. The number of hydrogen-bond acceptors (Lipinski definition) is 3. The van der Waals surface area contributed by atoms with E-state index in [1.807, 2.05) is 5.48 Å². The van der Waals surface area contributed by atoms with E-state index in [-0.39, 0.29) is 0 Å². The Labute approximate surface area is 41.4 Å². The van der Waals surface area contributed by atoms with Crippen LogP contribution in [0.15, 0.2) is 0 Å². The lowest BCUT2D eigenvalue weighted by Gasteiger charge is -1.95. The van der Waals surface area contributed by atoms with Crippen LogP contribution in [0.5, 0.6) is 0 Å². The van der Waals surface area contributed by atoms with Crippen LogP contribution < -0.4 is 5.48 Å². The van der Waals surface area contributed by atoms with Gasteiger partial charge in [-0.25, -0.2) is 4.79 Å². The molecule has 0 spiro atoms. The van der Waals surface area contributed by atoms with Crippen LogP contribution in [0, 0.1) is 7.11 Å². The van der Waals surface area contributed by atoms with Crippen LogP contribution in [-0.4, -0.2) is 13.2 Å². The van der Waals surface area contributed by atoms with Gasteiger partial charge in [0.15, 0.2) is 0 Å². The molecular formula is C3H6NO3. The minimum absolute atomic E-state index is 0.657. The maximum absolute atomic E-state index is 9.91. The Hall–Kier alpha value is -0.770. The molecule has 7 heavy (non-hydrogen) atoms. The van der Waals surface area contributed by atoms with Crippen LogP contribution in [0.2, 0.25) is 0 Å². The molecule has 0 saturated heterocycles. The highest BCUT2D eigenvalue weighted by Crippen LogP contribution is 1.67. The van der Waals surface area contributed by atoms with E-state index in [2.05, 4.69) is 16.7 Å². The molecule has 0 aromatic heterocycles. The average Bonchev–Trinajstić information content (AvgIpc) is 1.68. The summed E-state index contributed by atoms with van der Waals surface area (Å²) >= 11 is 0. The van der Waals surface area contributed by atoms with E-state index in [4.69, 9.17) is 0 Å². The molecule has 0 aliphatic heterocycles. The second kappa shape index (κ2) is 3.42. The van der Waals surface area contributed by atoms with Crippen molar-refractivity contribution in [2.75, 3.05) is 7.11 Å². The first-order valence-electron chi connectivity index (χ1n) is 1.56. The highest BCUT2D eigenvalue weighted by Gasteiger charge is 1.90. The Morgan fingerprint density at radius 1 is 1.86 bits per heavy atom. The molecule has 4 heteroatoms. The maximum atomic E-state index is 9.91. The molecule has 0 rings (SSSR count). The second-order valence-electron chi connectivity index (χ2n) is 0.738. The second-order valence-corrected chi connectivity index (χ2v) is 0.738. The summed E-state index contributed by atoms with van der Waals surface area (Å²) in [6, 6.07) is 0. The number of amides is 1. The molecule has 1 radical (unpaired) electrons. The molecule has 41 valence electrons. The number of hydrogen-bond donors (Lipinski definition) is 1. The first-order valence-corrected chi connectivity index (χ1v) is 1.56. The molecule has 1 N–H and O–H groups in total. The van der Waals surface area contributed by atoms with Crippen LogP contribution in [0.1, 0.15) is 0 Å². The SMILES string of the molecule is [CH2]ONC(=O)OC. The van der Waals surface area contributed by atoms with Crippen LogP contribution >= 0.6 is 0 Å². The van der Waals surface area contributed by atoms with Gasteiger partial charge >= 0.3 is 6.09 Å². The molecule has 0 aromatic carbocycles. The zero-order chi connectivity index (χ0) is 5.70. The van der Waals surface area contributed by atoms with E-state index in [9.17, 15) is 4.79 Å². The lowest BCUT2D eigenvalue weighted by atomic mass is 11.2. The third kappa shape index (κ3) is 3.05. The molecular weight excluding hydrogens is 98.0 g/mol. The first kappa shape index (κ1) is 6.23. The number of carbonyl (C=O) groups is 1. The van der Waals surface area contributed by atoms with Crippen molar-refractivity contribution < 1.29 is 14.4 Å². The van der Waals surface area contributed by atoms with Crippen LogP contribution in [0.25, 0.3) is 0 Å². The van der Waals surface area contributed by atoms with Gasteiger partial charge in [-0.05, 0) is 0 Å². The smallest absolute Gasteiger partial charge is 0.431 e. The number of rotatable bonds is 1. The third-order valence-electron chi connectivity index (χ3n) is 0.341. The molecule has 1 amide bonds. The van der Waals surface area contributed by atoms with Crippen molar-refractivity contribution in [1.82, 2.24) is 5.48 Å². The van der Waals surface area contributed by atoms with Crippen LogP contribution in [0.3, 0.4) is 0 Å². The summed E-state index contributed by atoms with van der Waals surface area (Å²) in [4.78, 5) is 13.8. The van der Waals surface area contributed by atoms with Crippen molar-refractivity contribution in [3.63, 3.8) is 0 Å². The molecule has 4 nitrogen and oxygen atoms in total. The van der Waals surface area contributed by atoms with Crippen LogP contribution in [0.4, 0.5) is 4.79 Å². The Balaban J connectivity index is 3.00. The van der Waals surface area contributed by atoms with Crippen LogP contribution in [-0.2, 0) is 9.57 Å². The van der Waals surface area contributed by atoms with E-state index in [1.54, 1.807) is 0 Å². The number of nitrogens with one attached hydrogen (secondary N) is 1. The summed E-state index contributed by atoms with van der Waals surface area (Å²) < 4.78 is 4.08. The third-order valence-corrected chi connectivity index (χ3v) is 0.341. The largest absolute Gasteiger partial charge is 0.451 e. The molecule has 0 atom stereocenters. The van der Waals surface area contributed by atoms with Crippen molar-refractivity contribution in [2.24, 2.45) is 0 Å². The Kier molecular flexibility index (Phi) is 3.04. The molecule has 0 aliphatic carbocycles. The monoisotopic (exact) mass is 104 g/mol. The molecule has 0 bridgehead atoms. The normalized spacial score (nSPS) is 7.71. The molecule has 0 aromatic rings. The van der Waals surface area contributed by atoms with Gasteiger partial charge in [0, 0.05) is 0 Å². The summed E-state index contributed by atoms with van der Waals surface area (Å²) in [6.45, 7) is 0. The van der Waals surface area contributed by atoms with Gasteiger partial charge in [-0.1, -0.05) is 0 Å². The van der Waals surface area contributed by atoms with Gasteiger partial charge in [-0.3, -0.25) is 4.84 Å². The summed E-state index contributed by atoms with van der Waals surface area (Å²) in [5.41, 5.74) is 1.82. The van der Waals surface area contributed by atoms with Crippen molar-refractivity contribution in [2.45, 2.75) is 0 Å². The van der Waals surface area contributed by atoms with Gasteiger partial charge < -0.3 is 4.74 Å². The van der Waals surface area contributed by atoms with Gasteiger partial charge in [0.05, 0.1) is 7.11 Å². The van der Waals surface area contributed by atoms with Crippen molar-refractivity contribution >= 4 is 6.09 Å². The summed E-state index contributed by atoms with van der Waals surface area (Å²) in [5, 5.41) is 0. The Bertz CT molecular complexity index is 63.2. The van der Waals surface area contributed by atoms with Crippen molar-refractivity contribution in [1.29, 1.82) is 0 Å². The fraction of sp³-hybridized carbons (Fsp3) is 0.333. The highest BCUT2D eigenvalue weighted by atomic mass is 16.7. The predicted molar refractivity (Wildman–Crippen MR) is 22.0 cm³/mol. The average molecular weight is 104 g/mol. The summed E-state index contributed by atoms with van der Waals surface area (Å²) in [5.74, 6) is 0. The zero-order valence-electron chi connectivity index (χ0n) is 3.93. The number of methoxy groups -OCH3 is 1. The molecule has 0 unspecified atom stereocenters. The first-order chi connectivity index (χ1) is 3.31. The number of ether oxygens (including phenoxy) is 1. The minimum atomic E-state index is -0.657. The summed E-state index contributed by atoms with van der Waals surface area (Å²) in [6.07, 6.45) is -0.657. The van der Waals surface area contributed by atoms with E-state index in [1.165, 1.54) is 7.11 Å². The number of carbonyl (C=O) groups excluding carboxylic acids is 1. The molecule has 0 saturated carbocycles. The van der Waals surface area contributed by atoms with E-state index >= 15 is 0 Å². The fourth-order valence-electron chi connectivity index (χ4n) is 0.101. The molecule has 0 fully saturated rings. The van der Waals surface area contributed by atoms with Gasteiger partial charge in [-0.2, -0.15) is 5.48 Å². The van der Waals surface area contributed by atoms with E-state index < -0.39 is 6.09 Å². The van der Waals surface area contributed by atoms with E-state index in [0.717, 1.165) is 0 Å². The van der Waals surface area contributed by atoms with Gasteiger partial charge in [-0.15, -0.1) is 0 Å². The standard InChI is InChI=1S/C3H6NO3/c1-6-3(5)4-7-2/h2H2,1H3,(H,4,5). The lowest BCUT2D eigenvalue weighted by molar-refractivity contribution is 0.0898. The Morgan fingerprint density at radius 3 is 2.57 bits per heavy atom. The highest BCUT2D eigenvalue weighted by molar-refractivity contribution is 5.65. The molecule has 0 heterocycles. The topological polar surface area (TPSA) is 47.6 Å². The zero-order valence-corrected chi connectivity index (χ0v) is 3.93. The van der Waals surface area contributed by atoms with E-state index in [0.29, 0.717) is 0 Å². The van der Waals surface area contributed by atoms with Crippen molar-refractivity contribution in [3.05, 3.63) is 7.11 Å². The minimum Gasteiger partial charge on any atom is -0.451 e.